The van der Waals surface area contributed by atoms with Gasteiger partial charge in [0.25, 0.3) is 5.91 Å². The van der Waals surface area contributed by atoms with Crippen molar-refractivity contribution in [1.29, 1.82) is 5.26 Å². The van der Waals surface area contributed by atoms with Crippen LogP contribution in [0.5, 0.6) is 0 Å². The van der Waals surface area contributed by atoms with Gasteiger partial charge < -0.3 is 10.1 Å². The molecule has 5 nitrogen and oxygen atoms in total. The van der Waals surface area contributed by atoms with Crippen LogP contribution in [-0.2, 0) is 15.7 Å². The monoisotopic (exact) mass is 328 g/mol. The number of carbonyl (C=O) groups excluding carboxylic acids is 2. The molecule has 0 radical (unpaired) electrons. The highest BCUT2D eigenvalue weighted by atomic mass is 19.4. The molecular formula is C15H15F3N2O3. The summed E-state index contributed by atoms with van der Waals surface area (Å²) in [5.41, 5.74) is -1.21. The summed E-state index contributed by atoms with van der Waals surface area (Å²) < 4.78 is 42.5. The van der Waals surface area contributed by atoms with Gasteiger partial charge in [0.05, 0.1) is 18.7 Å². The van der Waals surface area contributed by atoms with Gasteiger partial charge in [-0.2, -0.15) is 18.4 Å². The average molecular weight is 328 g/mol. The third kappa shape index (κ3) is 5.29. The van der Waals surface area contributed by atoms with E-state index in [-0.39, 0.29) is 12.0 Å². The van der Waals surface area contributed by atoms with Gasteiger partial charge in [-0.15, -0.1) is 0 Å². The van der Waals surface area contributed by atoms with Crippen molar-refractivity contribution in [2.75, 3.05) is 7.11 Å². The number of alkyl halides is 3. The standard InChI is InChI=1S/C15H15F3N2O3/c1-9(8-19)6-12(14(22)23-2)20-13(21)10-4-3-5-11(7-10)15(16,17)18/h3-5,7,9,12H,6H2,1-2H3,(H,20,21)/t9-,12-/m0/s1. The number of halogens is 3. The van der Waals surface area contributed by atoms with Gasteiger partial charge in [-0.3, -0.25) is 4.79 Å². The van der Waals surface area contributed by atoms with Crippen molar-refractivity contribution >= 4 is 11.9 Å². The van der Waals surface area contributed by atoms with Gasteiger partial charge in [-0.25, -0.2) is 4.79 Å². The molecule has 23 heavy (non-hydrogen) atoms. The number of hydrogen-bond donors (Lipinski definition) is 1. The minimum absolute atomic E-state index is 0.00608. The fraction of sp³-hybridized carbons (Fsp3) is 0.400. The van der Waals surface area contributed by atoms with Crippen LogP contribution in [0.4, 0.5) is 13.2 Å². The molecule has 1 amide bonds. The molecule has 0 aliphatic rings. The topological polar surface area (TPSA) is 79.2 Å². The quantitative estimate of drug-likeness (QED) is 0.843. The van der Waals surface area contributed by atoms with E-state index in [0.29, 0.717) is 6.07 Å². The van der Waals surface area contributed by atoms with Gasteiger partial charge in [0.2, 0.25) is 0 Å². The van der Waals surface area contributed by atoms with Gasteiger partial charge in [0.15, 0.2) is 0 Å². The first-order chi connectivity index (χ1) is 10.7. The molecule has 0 unspecified atom stereocenters. The van der Waals surface area contributed by atoms with Crippen molar-refractivity contribution in [3.05, 3.63) is 35.4 Å². The Balaban J connectivity index is 2.95. The van der Waals surface area contributed by atoms with E-state index in [4.69, 9.17) is 5.26 Å². The van der Waals surface area contributed by atoms with Gasteiger partial charge in [0, 0.05) is 11.5 Å². The summed E-state index contributed by atoms with van der Waals surface area (Å²) in [6.07, 6.45) is -4.58. The fourth-order valence-corrected chi connectivity index (χ4v) is 1.84. The third-order valence-electron chi connectivity index (χ3n) is 3.05. The van der Waals surface area contributed by atoms with Gasteiger partial charge in [0.1, 0.15) is 6.04 Å². The van der Waals surface area contributed by atoms with Crippen LogP contribution in [0.25, 0.3) is 0 Å². The number of hydrogen-bond acceptors (Lipinski definition) is 4. The van der Waals surface area contributed by atoms with Gasteiger partial charge in [-0.05, 0) is 31.5 Å². The molecule has 0 spiro atoms. The molecule has 0 heterocycles. The Labute approximate surface area is 131 Å². The Morgan fingerprint density at radius 1 is 1.39 bits per heavy atom. The summed E-state index contributed by atoms with van der Waals surface area (Å²) in [6.45, 7) is 1.55. The van der Waals surface area contributed by atoms with E-state index in [2.05, 4.69) is 10.1 Å². The number of nitriles is 1. The number of carbonyl (C=O) groups is 2. The van der Waals surface area contributed by atoms with Crippen LogP contribution in [0.3, 0.4) is 0 Å². The highest BCUT2D eigenvalue weighted by molar-refractivity contribution is 5.96. The molecule has 0 saturated heterocycles. The lowest BCUT2D eigenvalue weighted by atomic mass is 10.0. The second-order valence-electron chi connectivity index (χ2n) is 4.89. The molecule has 1 N–H and O–H groups in total. The molecule has 0 saturated carbocycles. The number of amides is 1. The Morgan fingerprint density at radius 2 is 2.04 bits per heavy atom. The summed E-state index contributed by atoms with van der Waals surface area (Å²) in [7, 11) is 1.11. The van der Waals surface area contributed by atoms with Crippen LogP contribution in [0, 0.1) is 17.2 Å². The normalized spacial score (nSPS) is 13.6. The number of methoxy groups -OCH3 is 1. The zero-order valence-corrected chi connectivity index (χ0v) is 12.5. The number of nitrogens with one attached hydrogen (secondary N) is 1. The number of nitrogens with zero attached hydrogens (tertiary/aromatic N) is 1. The molecule has 124 valence electrons. The van der Waals surface area contributed by atoms with Gasteiger partial charge in [-0.1, -0.05) is 6.07 Å². The number of ether oxygens (including phenoxy) is 1. The zero-order valence-electron chi connectivity index (χ0n) is 12.5. The smallest absolute Gasteiger partial charge is 0.416 e. The first-order valence-corrected chi connectivity index (χ1v) is 6.64. The number of rotatable bonds is 5. The van der Waals surface area contributed by atoms with E-state index < -0.39 is 35.6 Å². The highest BCUT2D eigenvalue weighted by Crippen LogP contribution is 2.29. The molecule has 1 aromatic carbocycles. The molecule has 0 aromatic heterocycles. The second-order valence-corrected chi connectivity index (χ2v) is 4.89. The Hall–Kier alpha value is -2.56. The van der Waals surface area contributed by atoms with Crippen molar-refractivity contribution in [1.82, 2.24) is 5.32 Å². The lowest BCUT2D eigenvalue weighted by molar-refractivity contribution is -0.143. The van der Waals surface area contributed by atoms with Crippen LogP contribution in [-0.4, -0.2) is 25.0 Å². The first-order valence-electron chi connectivity index (χ1n) is 6.64. The third-order valence-corrected chi connectivity index (χ3v) is 3.05. The fourth-order valence-electron chi connectivity index (χ4n) is 1.84. The highest BCUT2D eigenvalue weighted by Gasteiger charge is 2.31. The predicted molar refractivity (Wildman–Crippen MR) is 74.1 cm³/mol. The largest absolute Gasteiger partial charge is 0.467 e. The number of esters is 1. The molecule has 1 aromatic rings. The summed E-state index contributed by atoms with van der Waals surface area (Å²) in [5.74, 6) is -2.16. The molecule has 0 aliphatic carbocycles. The van der Waals surface area contributed by atoms with Crippen LogP contribution >= 0.6 is 0 Å². The molecular weight excluding hydrogens is 313 g/mol. The minimum atomic E-state index is -4.58. The maximum atomic E-state index is 12.7. The second kappa shape index (κ2) is 7.63. The molecule has 2 atom stereocenters. The lowest BCUT2D eigenvalue weighted by Gasteiger charge is -2.17. The summed E-state index contributed by atoms with van der Waals surface area (Å²) in [4.78, 5) is 23.7. The molecule has 0 fully saturated rings. The maximum Gasteiger partial charge on any atom is 0.416 e. The Kier molecular flexibility index (Phi) is 6.13. The van der Waals surface area contributed by atoms with Crippen LogP contribution < -0.4 is 5.32 Å². The van der Waals surface area contributed by atoms with Crippen molar-refractivity contribution < 1.29 is 27.5 Å². The van der Waals surface area contributed by atoms with E-state index in [1.54, 1.807) is 6.92 Å². The lowest BCUT2D eigenvalue weighted by Crippen LogP contribution is -2.42. The average Bonchev–Trinajstić information content (AvgIpc) is 2.52. The van der Waals surface area contributed by atoms with Crippen molar-refractivity contribution in [2.45, 2.75) is 25.6 Å². The van der Waals surface area contributed by atoms with Gasteiger partial charge >= 0.3 is 12.1 Å². The van der Waals surface area contributed by atoms with E-state index in [0.717, 1.165) is 19.2 Å². The van der Waals surface area contributed by atoms with E-state index in [1.807, 2.05) is 6.07 Å². The zero-order chi connectivity index (χ0) is 17.6. The SMILES string of the molecule is COC(=O)[C@H](C[C@H](C)C#N)NC(=O)c1cccc(C(F)(F)F)c1. The molecule has 0 bridgehead atoms. The van der Waals surface area contributed by atoms with E-state index in [9.17, 15) is 22.8 Å². The minimum Gasteiger partial charge on any atom is -0.467 e. The van der Waals surface area contributed by atoms with Crippen LogP contribution in [0.1, 0.15) is 29.3 Å². The van der Waals surface area contributed by atoms with E-state index >= 15 is 0 Å². The summed E-state index contributed by atoms with van der Waals surface area (Å²) >= 11 is 0. The first kappa shape index (κ1) is 18.5. The predicted octanol–water partition coefficient (Wildman–Crippen LogP) is 2.53. The van der Waals surface area contributed by atoms with Crippen molar-refractivity contribution in [2.24, 2.45) is 5.92 Å². The van der Waals surface area contributed by atoms with Crippen molar-refractivity contribution in [3.8, 4) is 6.07 Å². The van der Waals surface area contributed by atoms with Crippen molar-refractivity contribution in [3.63, 3.8) is 0 Å². The summed E-state index contributed by atoms with van der Waals surface area (Å²) in [6, 6.07) is 4.63. The summed E-state index contributed by atoms with van der Waals surface area (Å²) in [5, 5.41) is 11.1. The molecule has 1 rings (SSSR count). The molecule has 0 aliphatic heterocycles. The maximum absolute atomic E-state index is 12.7. The van der Waals surface area contributed by atoms with Crippen LogP contribution in [0.2, 0.25) is 0 Å². The Bertz CT molecular complexity index is 623. The number of benzene rings is 1. The van der Waals surface area contributed by atoms with Crippen LogP contribution in [0.15, 0.2) is 24.3 Å². The Morgan fingerprint density at radius 3 is 2.57 bits per heavy atom. The van der Waals surface area contributed by atoms with E-state index in [1.165, 1.54) is 6.07 Å². The molecule has 8 heteroatoms.